The maximum Gasteiger partial charge on any atom is 0.268 e. The normalized spacial score (nSPS) is 15.3. The van der Waals surface area contributed by atoms with E-state index in [4.69, 9.17) is 0 Å². The molecule has 1 saturated heterocycles. The zero-order chi connectivity index (χ0) is 20.0. The number of para-hydroxylation sites is 1. The fraction of sp³-hybridized carbons (Fsp3) is 0.250. The standard InChI is InChI=1S/C24H24N2O2S/c1-18-9-12-20(13-10-18)29(27,28)26-23-8-4-3-7-21(23)22-17-19(11-14-24(22)26)25-15-5-2-6-16-25/h3-4,7-14,17H,2,5-6,15-16H2,1H3. The quantitative estimate of drug-likeness (QED) is 0.463. The van der Waals surface area contributed by atoms with Crippen molar-refractivity contribution in [2.75, 3.05) is 18.0 Å². The van der Waals surface area contributed by atoms with E-state index in [-0.39, 0.29) is 0 Å². The summed E-state index contributed by atoms with van der Waals surface area (Å²) in [5.74, 6) is 0. The largest absolute Gasteiger partial charge is 0.372 e. The maximum atomic E-state index is 13.6. The number of hydrogen-bond acceptors (Lipinski definition) is 3. The predicted molar refractivity (Wildman–Crippen MR) is 119 cm³/mol. The lowest BCUT2D eigenvalue weighted by Gasteiger charge is -2.28. The summed E-state index contributed by atoms with van der Waals surface area (Å²) in [6.07, 6.45) is 3.70. The number of aromatic nitrogens is 1. The summed E-state index contributed by atoms with van der Waals surface area (Å²) in [6.45, 7) is 4.08. The van der Waals surface area contributed by atoms with E-state index in [1.54, 1.807) is 12.1 Å². The SMILES string of the molecule is Cc1ccc(S(=O)(=O)n2c3ccccc3c3cc(N4CCCCC4)ccc32)cc1. The summed E-state index contributed by atoms with van der Waals surface area (Å²) in [7, 11) is -3.70. The van der Waals surface area contributed by atoms with E-state index >= 15 is 0 Å². The van der Waals surface area contributed by atoms with E-state index < -0.39 is 10.0 Å². The Morgan fingerprint density at radius 3 is 2.21 bits per heavy atom. The number of aryl methyl sites for hydroxylation is 1. The van der Waals surface area contributed by atoms with Gasteiger partial charge in [-0.3, -0.25) is 0 Å². The number of piperidine rings is 1. The summed E-state index contributed by atoms with van der Waals surface area (Å²) in [5, 5.41) is 1.96. The van der Waals surface area contributed by atoms with Crippen molar-refractivity contribution in [3.63, 3.8) is 0 Å². The highest BCUT2D eigenvalue weighted by Gasteiger charge is 2.24. The van der Waals surface area contributed by atoms with Crippen LogP contribution in [0.2, 0.25) is 0 Å². The van der Waals surface area contributed by atoms with E-state index in [1.807, 2.05) is 49.4 Å². The van der Waals surface area contributed by atoms with E-state index in [2.05, 4.69) is 17.0 Å². The molecule has 1 fully saturated rings. The molecule has 0 atom stereocenters. The highest BCUT2D eigenvalue weighted by Crippen LogP contribution is 2.35. The third-order valence-corrected chi connectivity index (χ3v) is 7.63. The van der Waals surface area contributed by atoms with Crippen LogP contribution in [0.4, 0.5) is 5.69 Å². The number of fused-ring (bicyclic) bond motifs is 3. The second-order valence-electron chi connectivity index (χ2n) is 7.85. The van der Waals surface area contributed by atoms with Gasteiger partial charge >= 0.3 is 0 Å². The van der Waals surface area contributed by atoms with Crippen molar-refractivity contribution in [3.8, 4) is 0 Å². The van der Waals surface area contributed by atoms with E-state index in [9.17, 15) is 8.42 Å². The zero-order valence-corrected chi connectivity index (χ0v) is 17.3. The monoisotopic (exact) mass is 404 g/mol. The Labute approximate surface area is 171 Å². The van der Waals surface area contributed by atoms with Gasteiger partial charge in [0.2, 0.25) is 0 Å². The molecule has 0 N–H and O–H groups in total. The molecule has 4 aromatic rings. The van der Waals surface area contributed by atoms with E-state index in [1.165, 1.54) is 28.9 Å². The smallest absolute Gasteiger partial charge is 0.268 e. The molecule has 5 heteroatoms. The highest BCUT2D eigenvalue weighted by molar-refractivity contribution is 7.90. The molecule has 0 amide bonds. The summed E-state index contributed by atoms with van der Waals surface area (Å²) < 4.78 is 28.6. The van der Waals surface area contributed by atoms with Crippen LogP contribution in [-0.4, -0.2) is 25.5 Å². The van der Waals surface area contributed by atoms with Gasteiger partial charge < -0.3 is 4.90 Å². The molecule has 148 valence electrons. The third kappa shape index (κ3) is 3.01. The Bertz CT molecular complexity index is 1300. The van der Waals surface area contributed by atoms with Crippen LogP contribution in [0, 0.1) is 6.92 Å². The second kappa shape index (κ2) is 6.92. The van der Waals surface area contributed by atoms with Gasteiger partial charge in [0.05, 0.1) is 15.9 Å². The fourth-order valence-corrected chi connectivity index (χ4v) is 5.88. The van der Waals surface area contributed by atoms with Gasteiger partial charge in [-0.1, -0.05) is 35.9 Å². The molecule has 1 aromatic heterocycles. The molecule has 1 aliphatic heterocycles. The Hall–Kier alpha value is -2.79. The maximum absolute atomic E-state index is 13.6. The van der Waals surface area contributed by atoms with Crippen molar-refractivity contribution in [1.29, 1.82) is 0 Å². The first-order chi connectivity index (χ1) is 14.1. The van der Waals surface area contributed by atoms with Gasteiger partial charge in [-0.25, -0.2) is 12.4 Å². The Kier molecular flexibility index (Phi) is 4.36. The average molecular weight is 405 g/mol. The molecule has 0 bridgehead atoms. The molecule has 0 unspecified atom stereocenters. The minimum absolute atomic E-state index is 0.311. The number of rotatable bonds is 3. The van der Waals surface area contributed by atoms with Crippen molar-refractivity contribution < 1.29 is 8.42 Å². The minimum Gasteiger partial charge on any atom is -0.372 e. The predicted octanol–water partition coefficient (Wildman–Crippen LogP) is 5.33. The summed E-state index contributed by atoms with van der Waals surface area (Å²) >= 11 is 0. The third-order valence-electron chi connectivity index (χ3n) is 5.89. The Morgan fingerprint density at radius 1 is 0.759 bits per heavy atom. The number of hydrogen-bond donors (Lipinski definition) is 0. The van der Waals surface area contributed by atoms with Crippen LogP contribution in [0.5, 0.6) is 0 Å². The van der Waals surface area contributed by atoms with Crippen LogP contribution >= 0.6 is 0 Å². The molecule has 0 spiro atoms. The number of anilines is 1. The minimum atomic E-state index is -3.70. The molecular formula is C24H24N2O2S. The first-order valence-corrected chi connectivity index (χ1v) is 11.6. The molecule has 2 heterocycles. The van der Waals surface area contributed by atoms with Crippen molar-refractivity contribution in [3.05, 3.63) is 72.3 Å². The van der Waals surface area contributed by atoms with Crippen molar-refractivity contribution in [1.82, 2.24) is 3.97 Å². The van der Waals surface area contributed by atoms with E-state index in [0.29, 0.717) is 4.90 Å². The van der Waals surface area contributed by atoms with Gasteiger partial charge in [0, 0.05) is 29.5 Å². The molecule has 4 nitrogen and oxygen atoms in total. The molecule has 29 heavy (non-hydrogen) atoms. The lowest BCUT2D eigenvalue weighted by molar-refractivity contribution is 0.578. The van der Waals surface area contributed by atoms with E-state index in [0.717, 1.165) is 40.5 Å². The van der Waals surface area contributed by atoms with Crippen LogP contribution in [0.25, 0.3) is 21.8 Å². The van der Waals surface area contributed by atoms with Gasteiger partial charge in [0.15, 0.2) is 0 Å². The molecule has 3 aromatic carbocycles. The lowest BCUT2D eigenvalue weighted by Crippen LogP contribution is -2.29. The fourth-order valence-electron chi connectivity index (χ4n) is 4.35. The Balaban J connectivity index is 1.75. The first-order valence-electron chi connectivity index (χ1n) is 10.2. The molecule has 1 aliphatic rings. The average Bonchev–Trinajstić information content (AvgIpc) is 3.09. The van der Waals surface area contributed by atoms with Crippen molar-refractivity contribution >= 4 is 37.5 Å². The van der Waals surface area contributed by atoms with Gasteiger partial charge in [-0.15, -0.1) is 0 Å². The van der Waals surface area contributed by atoms with Crippen molar-refractivity contribution in [2.24, 2.45) is 0 Å². The Morgan fingerprint density at radius 2 is 1.45 bits per heavy atom. The number of benzene rings is 3. The summed E-state index contributed by atoms with van der Waals surface area (Å²) in [4.78, 5) is 2.72. The van der Waals surface area contributed by atoms with Crippen LogP contribution in [0.3, 0.4) is 0 Å². The molecule has 5 rings (SSSR count). The molecule has 0 aliphatic carbocycles. The lowest BCUT2D eigenvalue weighted by atomic mass is 10.1. The first kappa shape index (κ1) is 18.3. The van der Waals surface area contributed by atoms with Gasteiger partial charge in [0.1, 0.15) is 0 Å². The van der Waals surface area contributed by atoms with Gasteiger partial charge in [0.25, 0.3) is 10.0 Å². The molecule has 0 radical (unpaired) electrons. The summed E-state index contributed by atoms with van der Waals surface area (Å²) in [5.41, 5.74) is 3.66. The van der Waals surface area contributed by atoms with Gasteiger partial charge in [-0.05, 0) is 62.6 Å². The zero-order valence-electron chi connectivity index (χ0n) is 16.5. The summed E-state index contributed by atoms with van der Waals surface area (Å²) in [6, 6.07) is 21.0. The molecular weight excluding hydrogens is 380 g/mol. The van der Waals surface area contributed by atoms with Crippen LogP contribution in [0.15, 0.2) is 71.6 Å². The van der Waals surface area contributed by atoms with Crippen LogP contribution in [-0.2, 0) is 10.0 Å². The van der Waals surface area contributed by atoms with Crippen LogP contribution in [0.1, 0.15) is 24.8 Å². The molecule has 0 saturated carbocycles. The topological polar surface area (TPSA) is 42.3 Å². The number of nitrogens with zero attached hydrogens (tertiary/aromatic N) is 2. The van der Waals surface area contributed by atoms with Crippen LogP contribution < -0.4 is 4.90 Å². The van der Waals surface area contributed by atoms with Gasteiger partial charge in [-0.2, -0.15) is 0 Å². The second-order valence-corrected chi connectivity index (χ2v) is 9.64. The van der Waals surface area contributed by atoms with Crippen molar-refractivity contribution in [2.45, 2.75) is 31.1 Å². The highest BCUT2D eigenvalue weighted by atomic mass is 32.2.